The second-order valence-electron chi connectivity index (χ2n) is 4.14. The first-order valence-corrected chi connectivity index (χ1v) is 6.61. The van der Waals surface area contributed by atoms with Crippen LogP contribution in [-0.2, 0) is 11.2 Å². The summed E-state index contributed by atoms with van der Waals surface area (Å²) in [6, 6.07) is 7.20. The number of nitrogens with zero attached hydrogens (tertiary/aromatic N) is 1. The molecule has 0 bridgehead atoms. The smallest absolute Gasteiger partial charge is 0.149 e. The molecule has 0 saturated carbocycles. The Bertz CT molecular complexity index is 465. The molecule has 0 fully saturated rings. The second-order valence-corrected chi connectivity index (χ2v) is 5.68. The van der Waals surface area contributed by atoms with Crippen molar-refractivity contribution in [2.75, 3.05) is 0 Å². The number of alkyl halides is 1. The Morgan fingerprint density at radius 3 is 2.71 bits per heavy atom. The summed E-state index contributed by atoms with van der Waals surface area (Å²) in [6.07, 6.45) is 0.487. The second kappa shape index (κ2) is 6.18. The number of carbonyl (C=O) groups is 1. The minimum absolute atomic E-state index is 0.0240. The molecular weight excluding hydrogens is 302 g/mol. The lowest BCUT2D eigenvalue weighted by molar-refractivity contribution is -0.121. The number of rotatable bonds is 4. The van der Waals surface area contributed by atoms with E-state index < -0.39 is 0 Å². The van der Waals surface area contributed by atoms with Crippen LogP contribution < -0.4 is 0 Å². The molecule has 0 aliphatic heterocycles. The summed E-state index contributed by atoms with van der Waals surface area (Å²) in [5.74, 6) is 0.109. The van der Waals surface area contributed by atoms with E-state index >= 15 is 0 Å². The van der Waals surface area contributed by atoms with Crippen molar-refractivity contribution >= 4 is 33.3 Å². The van der Waals surface area contributed by atoms with E-state index in [9.17, 15) is 4.79 Å². The minimum Gasteiger partial charge on any atom is -0.298 e. The van der Waals surface area contributed by atoms with Crippen LogP contribution in [-0.4, -0.2) is 10.6 Å². The number of ketones is 1. The molecule has 2 nitrogen and oxygen atoms in total. The van der Waals surface area contributed by atoms with Gasteiger partial charge in [0, 0.05) is 10.9 Å². The molecule has 0 amide bonds. The molecule has 0 spiro atoms. The van der Waals surface area contributed by atoms with E-state index in [1.165, 1.54) is 0 Å². The molecule has 1 unspecified atom stereocenters. The number of Topliss-reactive ketones (excluding diaryl/α,β-unsaturated/α-hetero) is 1. The lowest BCUT2D eigenvalue weighted by Crippen LogP contribution is -2.22. The predicted molar refractivity (Wildman–Crippen MR) is 72.4 cm³/mol. The van der Waals surface area contributed by atoms with Gasteiger partial charge in [-0.3, -0.25) is 4.79 Å². The van der Waals surface area contributed by atoms with E-state index in [1.807, 2.05) is 13.8 Å². The third-order valence-corrected chi connectivity index (χ3v) is 3.47. The molecule has 0 aromatic heterocycles. The summed E-state index contributed by atoms with van der Waals surface area (Å²) in [6.45, 7) is 3.72. The number of benzene rings is 1. The van der Waals surface area contributed by atoms with Crippen molar-refractivity contribution in [1.29, 1.82) is 5.26 Å². The van der Waals surface area contributed by atoms with Gasteiger partial charge in [-0.2, -0.15) is 5.26 Å². The van der Waals surface area contributed by atoms with Crippen LogP contribution in [0.5, 0.6) is 0 Å². The van der Waals surface area contributed by atoms with Gasteiger partial charge in [0.1, 0.15) is 5.78 Å². The van der Waals surface area contributed by atoms with Gasteiger partial charge in [-0.05, 0) is 30.2 Å². The average molecular weight is 315 g/mol. The highest BCUT2D eigenvalue weighted by Crippen LogP contribution is 2.21. The Morgan fingerprint density at radius 1 is 1.53 bits per heavy atom. The van der Waals surface area contributed by atoms with Crippen LogP contribution in [0, 0.1) is 17.2 Å². The summed E-state index contributed by atoms with van der Waals surface area (Å²) < 4.78 is 0. The van der Waals surface area contributed by atoms with Gasteiger partial charge < -0.3 is 0 Å². The van der Waals surface area contributed by atoms with Crippen LogP contribution in [0.2, 0.25) is 5.02 Å². The number of nitriles is 1. The van der Waals surface area contributed by atoms with E-state index in [0.29, 0.717) is 17.0 Å². The van der Waals surface area contributed by atoms with Gasteiger partial charge in [0.25, 0.3) is 0 Å². The van der Waals surface area contributed by atoms with Crippen LogP contribution in [0.1, 0.15) is 25.0 Å². The summed E-state index contributed by atoms with van der Waals surface area (Å²) in [7, 11) is 0. The maximum atomic E-state index is 11.8. The van der Waals surface area contributed by atoms with Gasteiger partial charge >= 0.3 is 0 Å². The summed E-state index contributed by atoms with van der Waals surface area (Å²) in [5, 5.41) is 9.56. The molecule has 1 rings (SSSR count). The topological polar surface area (TPSA) is 40.9 Å². The van der Waals surface area contributed by atoms with Crippen molar-refractivity contribution in [2.24, 2.45) is 5.92 Å². The third-order valence-electron chi connectivity index (χ3n) is 2.46. The lowest BCUT2D eigenvalue weighted by Gasteiger charge is -2.12. The van der Waals surface area contributed by atoms with Crippen LogP contribution in [0.15, 0.2) is 18.2 Å². The SMILES string of the molecule is CC(C)C(=O)C(Br)Cc1cc(Cl)ccc1C#N. The molecule has 0 radical (unpaired) electrons. The van der Waals surface area contributed by atoms with Crippen molar-refractivity contribution < 1.29 is 4.79 Å². The van der Waals surface area contributed by atoms with Gasteiger partial charge in [-0.25, -0.2) is 0 Å². The summed E-state index contributed by atoms with van der Waals surface area (Å²) in [4.78, 5) is 11.5. The zero-order valence-corrected chi connectivity index (χ0v) is 12.0. The monoisotopic (exact) mass is 313 g/mol. The Kier molecular flexibility index (Phi) is 5.17. The standard InChI is InChI=1S/C13H13BrClNO/c1-8(2)13(17)12(14)6-10-5-11(15)4-3-9(10)7-16/h3-5,8,12H,6H2,1-2H3. The molecule has 90 valence electrons. The minimum atomic E-state index is -0.270. The highest BCUT2D eigenvalue weighted by molar-refractivity contribution is 9.10. The number of hydrogen-bond acceptors (Lipinski definition) is 2. The highest BCUT2D eigenvalue weighted by Gasteiger charge is 2.19. The Hall–Kier alpha value is -0.850. The molecule has 1 aromatic rings. The van der Waals surface area contributed by atoms with E-state index in [4.69, 9.17) is 16.9 Å². The normalized spacial score (nSPS) is 12.2. The first kappa shape index (κ1) is 14.2. The van der Waals surface area contributed by atoms with Crippen molar-refractivity contribution in [1.82, 2.24) is 0 Å². The largest absolute Gasteiger partial charge is 0.298 e. The van der Waals surface area contributed by atoms with Crippen LogP contribution in [0.4, 0.5) is 0 Å². The highest BCUT2D eigenvalue weighted by atomic mass is 79.9. The maximum absolute atomic E-state index is 11.8. The first-order valence-electron chi connectivity index (χ1n) is 5.32. The van der Waals surface area contributed by atoms with Gasteiger partial charge in [0.15, 0.2) is 0 Å². The Morgan fingerprint density at radius 2 is 2.18 bits per heavy atom. The van der Waals surface area contributed by atoms with Gasteiger partial charge in [0.2, 0.25) is 0 Å². The third kappa shape index (κ3) is 3.83. The summed E-state index contributed by atoms with van der Waals surface area (Å²) >= 11 is 9.26. The van der Waals surface area contributed by atoms with E-state index in [-0.39, 0.29) is 16.5 Å². The molecule has 1 atom stereocenters. The molecule has 0 N–H and O–H groups in total. The van der Waals surface area contributed by atoms with Gasteiger partial charge in [0.05, 0.1) is 16.5 Å². The number of halogens is 2. The fraction of sp³-hybridized carbons (Fsp3) is 0.385. The molecule has 0 heterocycles. The molecule has 0 saturated heterocycles. The molecular formula is C13H13BrClNO. The Balaban J connectivity index is 2.92. The van der Waals surface area contributed by atoms with E-state index in [1.54, 1.807) is 18.2 Å². The molecule has 0 aliphatic carbocycles. The number of hydrogen-bond donors (Lipinski definition) is 0. The van der Waals surface area contributed by atoms with Crippen LogP contribution >= 0.6 is 27.5 Å². The lowest BCUT2D eigenvalue weighted by atomic mass is 9.98. The van der Waals surface area contributed by atoms with Crippen molar-refractivity contribution in [3.63, 3.8) is 0 Å². The quantitative estimate of drug-likeness (QED) is 0.794. The molecule has 17 heavy (non-hydrogen) atoms. The van der Waals surface area contributed by atoms with Crippen LogP contribution in [0.25, 0.3) is 0 Å². The van der Waals surface area contributed by atoms with Crippen molar-refractivity contribution in [3.8, 4) is 6.07 Å². The fourth-order valence-corrected chi connectivity index (χ4v) is 2.57. The average Bonchev–Trinajstić information content (AvgIpc) is 2.28. The molecule has 0 aliphatic rings. The Labute approximate surface area is 115 Å². The van der Waals surface area contributed by atoms with Crippen molar-refractivity contribution in [2.45, 2.75) is 25.1 Å². The van der Waals surface area contributed by atoms with Gasteiger partial charge in [-0.1, -0.05) is 41.4 Å². The predicted octanol–water partition coefficient (Wildman–Crippen LogP) is 3.74. The summed E-state index contributed by atoms with van der Waals surface area (Å²) in [5.41, 5.74) is 1.37. The first-order chi connectivity index (χ1) is 7.95. The molecule has 4 heteroatoms. The fourth-order valence-electron chi connectivity index (χ4n) is 1.50. The maximum Gasteiger partial charge on any atom is 0.149 e. The van der Waals surface area contributed by atoms with E-state index in [0.717, 1.165) is 5.56 Å². The van der Waals surface area contributed by atoms with Crippen molar-refractivity contribution in [3.05, 3.63) is 34.3 Å². The van der Waals surface area contributed by atoms with E-state index in [2.05, 4.69) is 22.0 Å². The zero-order valence-electron chi connectivity index (χ0n) is 9.71. The van der Waals surface area contributed by atoms with Gasteiger partial charge in [-0.15, -0.1) is 0 Å². The zero-order chi connectivity index (χ0) is 13.0. The van der Waals surface area contributed by atoms with Crippen LogP contribution in [0.3, 0.4) is 0 Å². The number of carbonyl (C=O) groups excluding carboxylic acids is 1. The molecule has 1 aromatic carbocycles.